The van der Waals surface area contributed by atoms with Gasteiger partial charge >= 0.3 is 5.97 Å². The molecule has 1 N–H and O–H groups in total. The SMILES string of the molecule is CCCC(=N)c1ccc(OC(=O)CCC[C@@H](C)C=O)cc1. The van der Waals surface area contributed by atoms with Gasteiger partial charge in [-0.25, -0.2) is 0 Å². The van der Waals surface area contributed by atoms with E-state index in [0.29, 0.717) is 30.7 Å². The van der Waals surface area contributed by atoms with Crippen molar-refractivity contribution >= 4 is 18.0 Å². The summed E-state index contributed by atoms with van der Waals surface area (Å²) in [4.78, 5) is 22.1. The average molecular weight is 289 g/mol. The summed E-state index contributed by atoms with van der Waals surface area (Å²) in [5.41, 5.74) is 1.45. The van der Waals surface area contributed by atoms with Crippen LogP contribution in [-0.2, 0) is 9.59 Å². The number of hydrogen-bond donors (Lipinski definition) is 1. The molecule has 21 heavy (non-hydrogen) atoms. The first kappa shape index (κ1) is 17.1. The molecule has 1 aromatic carbocycles. The second-order valence-corrected chi connectivity index (χ2v) is 5.23. The first-order chi connectivity index (χ1) is 10.1. The lowest BCUT2D eigenvalue weighted by atomic mass is 10.1. The van der Waals surface area contributed by atoms with Crippen molar-refractivity contribution in [3.8, 4) is 5.75 Å². The molecule has 0 aromatic heterocycles. The highest BCUT2D eigenvalue weighted by atomic mass is 16.5. The summed E-state index contributed by atoms with van der Waals surface area (Å²) in [6.07, 6.45) is 4.24. The Balaban J connectivity index is 2.42. The Kier molecular flexibility index (Phi) is 7.37. The van der Waals surface area contributed by atoms with E-state index in [0.717, 1.165) is 24.7 Å². The van der Waals surface area contributed by atoms with E-state index in [2.05, 4.69) is 0 Å². The van der Waals surface area contributed by atoms with Crippen molar-refractivity contribution in [2.75, 3.05) is 0 Å². The lowest BCUT2D eigenvalue weighted by Gasteiger charge is -2.07. The fourth-order valence-corrected chi connectivity index (χ4v) is 1.94. The molecule has 0 aliphatic rings. The van der Waals surface area contributed by atoms with E-state index in [9.17, 15) is 9.59 Å². The van der Waals surface area contributed by atoms with Gasteiger partial charge in [0.2, 0.25) is 0 Å². The zero-order chi connectivity index (χ0) is 15.7. The van der Waals surface area contributed by atoms with E-state index in [1.54, 1.807) is 24.3 Å². The quantitative estimate of drug-likeness (QED) is 0.326. The monoisotopic (exact) mass is 289 g/mol. The van der Waals surface area contributed by atoms with E-state index in [1.165, 1.54) is 0 Å². The summed E-state index contributed by atoms with van der Waals surface area (Å²) >= 11 is 0. The van der Waals surface area contributed by atoms with Gasteiger partial charge in [-0.1, -0.05) is 20.3 Å². The predicted molar refractivity (Wildman–Crippen MR) is 82.9 cm³/mol. The van der Waals surface area contributed by atoms with Gasteiger partial charge in [-0.05, 0) is 49.1 Å². The van der Waals surface area contributed by atoms with Gasteiger partial charge in [0.15, 0.2) is 0 Å². The van der Waals surface area contributed by atoms with Crippen LogP contribution in [0.25, 0.3) is 0 Å². The number of rotatable bonds is 9. The van der Waals surface area contributed by atoms with Gasteiger partial charge in [0, 0.05) is 18.1 Å². The van der Waals surface area contributed by atoms with Crippen LogP contribution in [0, 0.1) is 11.3 Å². The smallest absolute Gasteiger partial charge is 0.311 e. The van der Waals surface area contributed by atoms with Crippen molar-refractivity contribution in [3.05, 3.63) is 29.8 Å². The fraction of sp³-hybridized carbons (Fsp3) is 0.471. The molecule has 0 spiro atoms. The molecule has 0 heterocycles. The second-order valence-electron chi connectivity index (χ2n) is 5.23. The van der Waals surface area contributed by atoms with Gasteiger partial charge in [-0.15, -0.1) is 0 Å². The van der Waals surface area contributed by atoms with Crippen LogP contribution < -0.4 is 4.74 Å². The molecule has 1 aromatic rings. The molecule has 0 aliphatic heterocycles. The number of benzene rings is 1. The molecule has 4 nitrogen and oxygen atoms in total. The minimum atomic E-state index is -0.288. The summed E-state index contributed by atoms with van der Waals surface area (Å²) in [5, 5.41) is 7.85. The Labute approximate surface area is 126 Å². The average Bonchev–Trinajstić information content (AvgIpc) is 2.48. The maximum atomic E-state index is 11.7. The molecule has 0 fully saturated rings. The Morgan fingerprint density at radius 2 is 1.95 bits per heavy atom. The van der Waals surface area contributed by atoms with Crippen LogP contribution in [0.1, 0.15) is 51.5 Å². The normalized spacial score (nSPS) is 11.7. The second kappa shape index (κ2) is 9.06. The third-order valence-electron chi connectivity index (χ3n) is 3.21. The van der Waals surface area contributed by atoms with Gasteiger partial charge in [-0.3, -0.25) is 4.79 Å². The number of ether oxygens (including phenoxy) is 1. The highest BCUT2D eigenvalue weighted by Gasteiger charge is 2.07. The Hall–Kier alpha value is -1.97. The third kappa shape index (κ3) is 6.34. The third-order valence-corrected chi connectivity index (χ3v) is 3.21. The summed E-state index contributed by atoms with van der Waals surface area (Å²) in [6.45, 7) is 3.87. The van der Waals surface area contributed by atoms with E-state index in [-0.39, 0.29) is 11.9 Å². The number of nitrogens with one attached hydrogen (secondary N) is 1. The van der Waals surface area contributed by atoms with Crippen molar-refractivity contribution in [1.29, 1.82) is 5.41 Å². The largest absolute Gasteiger partial charge is 0.427 e. The Morgan fingerprint density at radius 1 is 1.29 bits per heavy atom. The zero-order valence-electron chi connectivity index (χ0n) is 12.7. The molecular formula is C17H23NO3. The number of carbonyl (C=O) groups excluding carboxylic acids is 2. The molecule has 0 radical (unpaired) electrons. The highest BCUT2D eigenvalue weighted by Crippen LogP contribution is 2.15. The molecule has 0 unspecified atom stereocenters. The van der Waals surface area contributed by atoms with Crippen molar-refractivity contribution < 1.29 is 14.3 Å². The fourth-order valence-electron chi connectivity index (χ4n) is 1.94. The standard InChI is InChI=1S/C17H23NO3/c1-3-5-16(18)14-8-10-15(11-9-14)21-17(20)7-4-6-13(2)12-19/h8-13,18H,3-7H2,1-2H3/t13-/m1/s1. The number of aldehydes is 1. The van der Waals surface area contributed by atoms with Crippen molar-refractivity contribution in [3.63, 3.8) is 0 Å². The molecule has 0 aliphatic carbocycles. The molecule has 1 atom stereocenters. The van der Waals surface area contributed by atoms with E-state index in [4.69, 9.17) is 10.1 Å². The van der Waals surface area contributed by atoms with Crippen LogP contribution in [0.2, 0.25) is 0 Å². The predicted octanol–water partition coefficient (Wildman–Crippen LogP) is 3.77. The molecule has 0 saturated heterocycles. The van der Waals surface area contributed by atoms with Gasteiger partial charge in [-0.2, -0.15) is 0 Å². The number of esters is 1. The molecular weight excluding hydrogens is 266 g/mol. The lowest BCUT2D eigenvalue weighted by molar-refractivity contribution is -0.134. The maximum Gasteiger partial charge on any atom is 0.311 e. The van der Waals surface area contributed by atoms with Crippen LogP contribution in [0.3, 0.4) is 0 Å². The highest BCUT2D eigenvalue weighted by molar-refractivity contribution is 5.98. The first-order valence-electron chi connectivity index (χ1n) is 7.40. The molecule has 1 rings (SSSR count). The van der Waals surface area contributed by atoms with Crippen LogP contribution in [0.4, 0.5) is 0 Å². The minimum absolute atomic E-state index is 0.0124. The molecule has 4 heteroatoms. The number of hydrogen-bond acceptors (Lipinski definition) is 4. The van der Waals surface area contributed by atoms with Crippen LogP contribution in [0.5, 0.6) is 5.75 Å². The Bertz CT molecular complexity index is 479. The van der Waals surface area contributed by atoms with Crippen LogP contribution >= 0.6 is 0 Å². The van der Waals surface area contributed by atoms with Gasteiger partial charge in [0.05, 0.1) is 0 Å². The van der Waals surface area contributed by atoms with Gasteiger partial charge < -0.3 is 14.9 Å². The van der Waals surface area contributed by atoms with Gasteiger partial charge in [0.25, 0.3) is 0 Å². The van der Waals surface area contributed by atoms with Crippen molar-refractivity contribution in [2.24, 2.45) is 5.92 Å². The summed E-state index contributed by atoms with van der Waals surface area (Å²) in [5.74, 6) is 0.197. The minimum Gasteiger partial charge on any atom is -0.427 e. The van der Waals surface area contributed by atoms with Gasteiger partial charge in [0.1, 0.15) is 12.0 Å². The summed E-state index contributed by atoms with van der Waals surface area (Å²) < 4.78 is 5.23. The van der Waals surface area contributed by atoms with E-state index in [1.807, 2.05) is 13.8 Å². The maximum absolute atomic E-state index is 11.7. The molecule has 0 saturated carbocycles. The van der Waals surface area contributed by atoms with Crippen molar-refractivity contribution in [1.82, 2.24) is 0 Å². The number of carbonyl (C=O) groups is 2. The van der Waals surface area contributed by atoms with Crippen LogP contribution in [0.15, 0.2) is 24.3 Å². The Morgan fingerprint density at radius 3 is 2.52 bits per heavy atom. The first-order valence-corrected chi connectivity index (χ1v) is 7.40. The molecule has 0 amide bonds. The topological polar surface area (TPSA) is 67.2 Å². The van der Waals surface area contributed by atoms with Crippen LogP contribution in [-0.4, -0.2) is 18.0 Å². The summed E-state index contributed by atoms with van der Waals surface area (Å²) in [6, 6.07) is 7.03. The summed E-state index contributed by atoms with van der Waals surface area (Å²) in [7, 11) is 0. The van der Waals surface area contributed by atoms with E-state index < -0.39 is 0 Å². The molecule has 0 bridgehead atoms. The van der Waals surface area contributed by atoms with Crippen molar-refractivity contribution in [2.45, 2.75) is 46.0 Å². The lowest BCUT2D eigenvalue weighted by Crippen LogP contribution is -2.09. The zero-order valence-corrected chi connectivity index (χ0v) is 12.7. The molecule has 114 valence electrons. The van der Waals surface area contributed by atoms with E-state index >= 15 is 0 Å².